The second kappa shape index (κ2) is 4.51. The Labute approximate surface area is 90.8 Å². The molecule has 2 aromatic rings. The lowest BCUT2D eigenvalue weighted by molar-refractivity contribution is 0.0594. The van der Waals surface area contributed by atoms with Crippen molar-refractivity contribution in [3.8, 4) is 0 Å². The molecule has 0 N–H and O–H groups in total. The van der Waals surface area contributed by atoms with Crippen molar-refractivity contribution in [2.24, 2.45) is 0 Å². The van der Waals surface area contributed by atoms with E-state index in [1.54, 1.807) is 15.7 Å². The van der Waals surface area contributed by atoms with Gasteiger partial charge >= 0.3 is 5.97 Å². The third-order valence-corrected chi connectivity index (χ3v) is 1.96. The third-order valence-electron chi connectivity index (χ3n) is 1.96. The van der Waals surface area contributed by atoms with E-state index < -0.39 is 5.97 Å². The van der Waals surface area contributed by atoms with Crippen LogP contribution in [0.15, 0.2) is 18.9 Å². The van der Waals surface area contributed by atoms with Crippen molar-refractivity contribution in [3.63, 3.8) is 0 Å². The van der Waals surface area contributed by atoms with Gasteiger partial charge in [0.2, 0.25) is 0 Å². The number of aromatic nitrogens is 6. The number of esters is 1. The SMILES string of the molecule is COC(=O)c1cn(CCn2cncn2)nn1. The van der Waals surface area contributed by atoms with Crippen LogP contribution in [0.5, 0.6) is 0 Å². The molecule has 0 aliphatic carbocycles. The highest BCUT2D eigenvalue weighted by Gasteiger charge is 2.10. The van der Waals surface area contributed by atoms with Crippen LogP contribution in [0.3, 0.4) is 0 Å². The van der Waals surface area contributed by atoms with E-state index in [0.717, 1.165) is 0 Å². The number of carbonyl (C=O) groups is 1. The predicted molar refractivity (Wildman–Crippen MR) is 51.4 cm³/mol. The van der Waals surface area contributed by atoms with Gasteiger partial charge in [0, 0.05) is 0 Å². The van der Waals surface area contributed by atoms with Gasteiger partial charge in [-0.1, -0.05) is 5.21 Å². The van der Waals surface area contributed by atoms with Crippen molar-refractivity contribution >= 4 is 5.97 Å². The Morgan fingerprint density at radius 2 is 2.25 bits per heavy atom. The molecule has 2 aromatic heterocycles. The molecule has 0 bridgehead atoms. The minimum atomic E-state index is -0.494. The summed E-state index contributed by atoms with van der Waals surface area (Å²) in [7, 11) is 1.30. The van der Waals surface area contributed by atoms with E-state index in [2.05, 4.69) is 25.1 Å². The molecule has 0 aromatic carbocycles. The normalized spacial score (nSPS) is 10.3. The van der Waals surface area contributed by atoms with Gasteiger partial charge in [-0.2, -0.15) is 5.10 Å². The zero-order valence-electron chi connectivity index (χ0n) is 8.65. The van der Waals surface area contributed by atoms with Crippen LogP contribution in [0.25, 0.3) is 0 Å². The number of ether oxygens (including phenoxy) is 1. The first kappa shape index (κ1) is 10.3. The summed E-state index contributed by atoms with van der Waals surface area (Å²) in [5.41, 5.74) is 0.195. The summed E-state index contributed by atoms with van der Waals surface area (Å²) >= 11 is 0. The van der Waals surface area contributed by atoms with Crippen LogP contribution < -0.4 is 0 Å². The van der Waals surface area contributed by atoms with Gasteiger partial charge in [0.05, 0.1) is 26.4 Å². The summed E-state index contributed by atoms with van der Waals surface area (Å²) in [4.78, 5) is 14.9. The van der Waals surface area contributed by atoms with E-state index in [9.17, 15) is 4.79 Å². The quantitative estimate of drug-likeness (QED) is 0.639. The molecule has 0 unspecified atom stereocenters. The van der Waals surface area contributed by atoms with Crippen molar-refractivity contribution in [1.82, 2.24) is 29.8 Å². The Bertz CT molecular complexity index is 463. The van der Waals surface area contributed by atoms with Crippen LogP contribution in [0, 0.1) is 0 Å². The molecule has 0 saturated carbocycles. The van der Waals surface area contributed by atoms with Crippen LogP contribution in [0.2, 0.25) is 0 Å². The Kier molecular flexibility index (Phi) is 2.90. The maximum atomic E-state index is 11.1. The number of carbonyl (C=O) groups excluding carboxylic acids is 1. The third kappa shape index (κ3) is 2.22. The molecule has 0 aliphatic heterocycles. The fourth-order valence-electron chi connectivity index (χ4n) is 1.16. The number of aryl methyl sites for hydroxylation is 2. The van der Waals surface area contributed by atoms with Gasteiger partial charge in [-0.25, -0.2) is 14.5 Å². The lowest BCUT2D eigenvalue weighted by atomic mass is 10.5. The molecule has 2 heterocycles. The molecular formula is C8H10N6O2. The average Bonchev–Trinajstić information content (AvgIpc) is 2.96. The summed E-state index contributed by atoms with van der Waals surface area (Å²) in [6.45, 7) is 1.18. The molecule has 16 heavy (non-hydrogen) atoms. The summed E-state index contributed by atoms with van der Waals surface area (Å²) in [5.74, 6) is -0.494. The first-order valence-electron chi connectivity index (χ1n) is 4.60. The van der Waals surface area contributed by atoms with Crippen LogP contribution in [-0.4, -0.2) is 42.8 Å². The fourth-order valence-corrected chi connectivity index (χ4v) is 1.16. The molecule has 0 spiro atoms. The Morgan fingerprint density at radius 3 is 2.94 bits per heavy atom. The maximum Gasteiger partial charge on any atom is 0.360 e. The molecule has 8 heteroatoms. The van der Waals surface area contributed by atoms with E-state index in [-0.39, 0.29) is 5.69 Å². The van der Waals surface area contributed by atoms with E-state index in [0.29, 0.717) is 13.1 Å². The lowest BCUT2D eigenvalue weighted by Crippen LogP contribution is -2.08. The smallest absolute Gasteiger partial charge is 0.360 e. The molecule has 2 rings (SSSR count). The summed E-state index contributed by atoms with van der Waals surface area (Å²) < 4.78 is 7.73. The predicted octanol–water partition coefficient (Wildman–Crippen LogP) is -0.644. The molecule has 0 radical (unpaired) electrons. The lowest BCUT2D eigenvalue weighted by Gasteiger charge is -1.99. The minimum Gasteiger partial charge on any atom is -0.464 e. The highest BCUT2D eigenvalue weighted by molar-refractivity contribution is 5.86. The van der Waals surface area contributed by atoms with Gasteiger partial charge < -0.3 is 4.74 Å². The van der Waals surface area contributed by atoms with Gasteiger partial charge in [0.1, 0.15) is 12.7 Å². The number of nitrogens with zero attached hydrogens (tertiary/aromatic N) is 6. The van der Waals surface area contributed by atoms with E-state index in [1.807, 2.05) is 0 Å². The largest absolute Gasteiger partial charge is 0.464 e. The summed E-state index contributed by atoms with van der Waals surface area (Å²) in [6, 6.07) is 0. The van der Waals surface area contributed by atoms with E-state index in [1.165, 1.54) is 19.6 Å². The molecule has 0 amide bonds. The second-order valence-corrected chi connectivity index (χ2v) is 3.02. The van der Waals surface area contributed by atoms with Gasteiger partial charge in [-0.05, 0) is 0 Å². The summed E-state index contributed by atoms with van der Waals surface area (Å²) in [5, 5.41) is 11.4. The standard InChI is InChI=1S/C8H10N6O2/c1-16-8(15)7-4-13(12-11-7)2-3-14-6-9-5-10-14/h4-6H,2-3H2,1H3. The Morgan fingerprint density at radius 1 is 1.44 bits per heavy atom. The average molecular weight is 222 g/mol. The molecule has 84 valence electrons. The first-order chi connectivity index (χ1) is 7.79. The monoisotopic (exact) mass is 222 g/mol. The van der Waals surface area contributed by atoms with Gasteiger partial charge in [-0.15, -0.1) is 5.10 Å². The van der Waals surface area contributed by atoms with Gasteiger partial charge in [-0.3, -0.25) is 4.68 Å². The number of hydrogen-bond acceptors (Lipinski definition) is 6. The zero-order valence-corrected chi connectivity index (χ0v) is 8.65. The van der Waals surface area contributed by atoms with E-state index >= 15 is 0 Å². The highest BCUT2D eigenvalue weighted by atomic mass is 16.5. The number of methoxy groups -OCH3 is 1. The van der Waals surface area contributed by atoms with Crippen molar-refractivity contribution in [3.05, 3.63) is 24.5 Å². The first-order valence-corrected chi connectivity index (χ1v) is 4.60. The topological polar surface area (TPSA) is 87.7 Å². The van der Waals surface area contributed by atoms with Crippen molar-refractivity contribution in [2.75, 3.05) is 7.11 Å². The van der Waals surface area contributed by atoms with Crippen molar-refractivity contribution in [1.29, 1.82) is 0 Å². The maximum absolute atomic E-state index is 11.1. The van der Waals surface area contributed by atoms with E-state index in [4.69, 9.17) is 0 Å². The Hall–Kier alpha value is -2.25. The molecule has 8 nitrogen and oxygen atoms in total. The molecular weight excluding hydrogens is 212 g/mol. The van der Waals surface area contributed by atoms with Gasteiger partial charge in [0.25, 0.3) is 0 Å². The number of rotatable bonds is 4. The highest BCUT2D eigenvalue weighted by Crippen LogP contribution is 1.96. The van der Waals surface area contributed by atoms with Crippen molar-refractivity contribution in [2.45, 2.75) is 13.1 Å². The zero-order chi connectivity index (χ0) is 11.4. The fraction of sp³-hybridized carbons (Fsp3) is 0.375. The van der Waals surface area contributed by atoms with Crippen LogP contribution >= 0.6 is 0 Å². The van der Waals surface area contributed by atoms with Crippen LogP contribution in [-0.2, 0) is 17.8 Å². The van der Waals surface area contributed by atoms with Gasteiger partial charge in [0.15, 0.2) is 5.69 Å². The number of hydrogen-bond donors (Lipinski definition) is 0. The minimum absolute atomic E-state index is 0.195. The van der Waals surface area contributed by atoms with Crippen molar-refractivity contribution < 1.29 is 9.53 Å². The molecule has 0 atom stereocenters. The molecule has 0 saturated heterocycles. The molecule has 0 fully saturated rings. The van der Waals surface area contributed by atoms with Crippen LogP contribution in [0.4, 0.5) is 0 Å². The summed E-state index contributed by atoms with van der Waals surface area (Å²) in [6.07, 6.45) is 4.60. The Balaban J connectivity index is 1.95. The van der Waals surface area contributed by atoms with Crippen LogP contribution in [0.1, 0.15) is 10.5 Å². The molecule has 0 aliphatic rings. The second-order valence-electron chi connectivity index (χ2n) is 3.02.